The summed E-state index contributed by atoms with van der Waals surface area (Å²) in [4.78, 5) is 12.0. The lowest BCUT2D eigenvalue weighted by Crippen LogP contribution is -2.08. The Bertz CT molecular complexity index is 441. The van der Waals surface area contributed by atoms with E-state index >= 15 is 0 Å². The molecule has 82 valence electrons. The third-order valence-corrected chi connectivity index (χ3v) is 2.14. The second-order valence-electron chi connectivity index (χ2n) is 3.27. The molecule has 2 N–H and O–H groups in total. The van der Waals surface area contributed by atoms with E-state index in [4.69, 9.17) is 5.73 Å². The van der Waals surface area contributed by atoms with Gasteiger partial charge in [-0.25, -0.2) is 0 Å². The number of hydrogen-bond acceptors (Lipinski definition) is 2. The maximum absolute atomic E-state index is 12.0. The first-order valence-corrected chi connectivity index (χ1v) is 5.05. The van der Waals surface area contributed by atoms with Crippen LogP contribution in [0.5, 0.6) is 0 Å². The SMILES string of the molecule is C=C/C(C(=O)c1ccccc1)=C(N)\C=C/C. The number of benzene rings is 1. The van der Waals surface area contributed by atoms with Crippen molar-refractivity contribution >= 4 is 5.78 Å². The standard InChI is InChI=1S/C14H15NO/c1-3-8-13(15)12(4-2)14(16)11-9-6-5-7-10-11/h3-10H,2,15H2,1H3/b8-3-,13-12-. The van der Waals surface area contributed by atoms with Crippen LogP contribution in [0.2, 0.25) is 0 Å². The first kappa shape index (κ1) is 12.0. The molecule has 1 aromatic rings. The molecule has 1 aromatic carbocycles. The minimum Gasteiger partial charge on any atom is -0.398 e. The second kappa shape index (κ2) is 5.71. The lowest BCUT2D eigenvalue weighted by molar-refractivity contribution is 0.103. The van der Waals surface area contributed by atoms with Gasteiger partial charge in [-0.1, -0.05) is 49.1 Å². The third kappa shape index (κ3) is 2.70. The number of carbonyl (C=O) groups is 1. The van der Waals surface area contributed by atoms with Crippen molar-refractivity contribution in [3.8, 4) is 0 Å². The van der Waals surface area contributed by atoms with E-state index in [0.29, 0.717) is 16.8 Å². The lowest BCUT2D eigenvalue weighted by Gasteiger charge is -2.04. The summed E-state index contributed by atoms with van der Waals surface area (Å²) in [6.45, 7) is 5.47. The van der Waals surface area contributed by atoms with Gasteiger partial charge in [0, 0.05) is 16.8 Å². The molecule has 0 amide bonds. The van der Waals surface area contributed by atoms with Crippen LogP contribution in [0, 0.1) is 0 Å². The highest BCUT2D eigenvalue weighted by Crippen LogP contribution is 2.11. The second-order valence-corrected chi connectivity index (χ2v) is 3.27. The van der Waals surface area contributed by atoms with Crippen LogP contribution in [0.3, 0.4) is 0 Å². The van der Waals surface area contributed by atoms with Crippen LogP contribution in [0.15, 0.2) is 66.4 Å². The first-order valence-electron chi connectivity index (χ1n) is 5.05. The molecule has 0 aliphatic rings. The molecule has 0 unspecified atom stereocenters. The van der Waals surface area contributed by atoms with Crippen molar-refractivity contribution in [1.29, 1.82) is 0 Å². The molecule has 0 spiro atoms. The fraction of sp³-hybridized carbons (Fsp3) is 0.0714. The number of rotatable bonds is 4. The number of allylic oxidation sites excluding steroid dienone is 4. The number of Topliss-reactive ketones (excluding diaryl/α,β-unsaturated/α-hetero) is 1. The molecule has 0 fully saturated rings. The molecule has 16 heavy (non-hydrogen) atoms. The van der Waals surface area contributed by atoms with Crippen LogP contribution in [-0.4, -0.2) is 5.78 Å². The van der Waals surface area contributed by atoms with Crippen LogP contribution in [-0.2, 0) is 0 Å². The molecule has 0 aromatic heterocycles. The van der Waals surface area contributed by atoms with Crippen molar-refractivity contribution in [2.24, 2.45) is 5.73 Å². The van der Waals surface area contributed by atoms with Gasteiger partial charge in [-0.05, 0) is 13.0 Å². The average Bonchev–Trinajstić information content (AvgIpc) is 2.31. The summed E-state index contributed by atoms with van der Waals surface area (Å²) in [5.41, 5.74) is 7.26. The molecule has 2 nitrogen and oxygen atoms in total. The van der Waals surface area contributed by atoms with E-state index < -0.39 is 0 Å². The van der Waals surface area contributed by atoms with E-state index in [2.05, 4.69) is 6.58 Å². The predicted octanol–water partition coefficient (Wildman–Crippen LogP) is 2.84. The number of hydrogen-bond donors (Lipinski definition) is 1. The van der Waals surface area contributed by atoms with Crippen molar-refractivity contribution < 1.29 is 4.79 Å². The minimum absolute atomic E-state index is 0.105. The van der Waals surface area contributed by atoms with Gasteiger partial charge in [-0.15, -0.1) is 0 Å². The summed E-state index contributed by atoms with van der Waals surface area (Å²) in [6, 6.07) is 9.02. The Morgan fingerprint density at radius 3 is 2.44 bits per heavy atom. The quantitative estimate of drug-likeness (QED) is 0.475. The average molecular weight is 213 g/mol. The van der Waals surface area contributed by atoms with Crippen molar-refractivity contribution in [3.05, 3.63) is 72.0 Å². The van der Waals surface area contributed by atoms with Crippen LogP contribution >= 0.6 is 0 Å². The van der Waals surface area contributed by atoms with Gasteiger partial charge < -0.3 is 5.73 Å². The van der Waals surface area contributed by atoms with Crippen molar-refractivity contribution in [2.45, 2.75) is 6.92 Å². The van der Waals surface area contributed by atoms with Crippen LogP contribution in [0.25, 0.3) is 0 Å². The maximum atomic E-state index is 12.0. The van der Waals surface area contributed by atoms with Crippen molar-refractivity contribution in [3.63, 3.8) is 0 Å². The summed E-state index contributed by atoms with van der Waals surface area (Å²) < 4.78 is 0. The highest BCUT2D eigenvalue weighted by atomic mass is 16.1. The summed E-state index contributed by atoms with van der Waals surface area (Å²) in [5.74, 6) is -0.105. The molecule has 1 rings (SSSR count). The monoisotopic (exact) mass is 213 g/mol. The van der Waals surface area contributed by atoms with Crippen molar-refractivity contribution in [1.82, 2.24) is 0 Å². The summed E-state index contributed by atoms with van der Waals surface area (Å²) >= 11 is 0. The fourth-order valence-corrected chi connectivity index (χ4v) is 1.36. The largest absolute Gasteiger partial charge is 0.398 e. The Morgan fingerprint density at radius 1 is 1.31 bits per heavy atom. The zero-order chi connectivity index (χ0) is 12.0. The zero-order valence-corrected chi connectivity index (χ0v) is 9.31. The van der Waals surface area contributed by atoms with Crippen LogP contribution in [0.1, 0.15) is 17.3 Å². The van der Waals surface area contributed by atoms with E-state index in [9.17, 15) is 4.79 Å². The molecular weight excluding hydrogens is 198 g/mol. The van der Waals surface area contributed by atoms with E-state index in [1.807, 2.05) is 25.1 Å². The van der Waals surface area contributed by atoms with Gasteiger partial charge in [0.25, 0.3) is 0 Å². The Morgan fingerprint density at radius 2 is 1.94 bits per heavy atom. The number of nitrogens with two attached hydrogens (primary N) is 1. The predicted molar refractivity (Wildman–Crippen MR) is 67.0 cm³/mol. The van der Waals surface area contributed by atoms with Gasteiger partial charge in [0.05, 0.1) is 0 Å². The van der Waals surface area contributed by atoms with Crippen LogP contribution < -0.4 is 5.73 Å². The highest BCUT2D eigenvalue weighted by molar-refractivity contribution is 6.11. The Hall–Kier alpha value is -2.09. The summed E-state index contributed by atoms with van der Waals surface area (Å²) in [7, 11) is 0. The lowest BCUT2D eigenvalue weighted by atomic mass is 10.0. The van der Waals surface area contributed by atoms with E-state index in [0.717, 1.165) is 0 Å². The van der Waals surface area contributed by atoms with Gasteiger partial charge in [0.15, 0.2) is 5.78 Å². The van der Waals surface area contributed by atoms with E-state index in [1.165, 1.54) is 6.08 Å². The van der Waals surface area contributed by atoms with Gasteiger partial charge in [-0.3, -0.25) is 4.79 Å². The molecular formula is C14H15NO. The van der Waals surface area contributed by atoms with Gasteiger partial charge in [-0.2, -0.15) is 0 Å². The fourth-order valence-electron chi connectivity index (χ4n) is 1.36. The molecule has 0 atom stereocenters. The van der Waals surface area contributed by atoms with Gasteiger partial charge >= 0.3 is 0 Å². The van der Waals surface area contributed by atoms with Gasteiger partial charge in [0.1, 0.15) is 0 Å². The Labute approximate surface area is 95.8 Å². The molecule has 0 heterocycles. The molecule has 0 aliphatic carbocycles. The maximum Gasteiger partial charge on any atom is 0.195 e. The minimum atomic E-state index is -0.105. The Balaban J connectivity index is 3.13. The molecule has 0 saturated heterocycles. The topological polar surface area (TPSA) is 43.1 Å². The van der Waals surface area contributed by atoms with E-state index in [1.54, 1.807) is 24.3 Å². The summed E-state index contributed by atoms with van der Waals surface area (Å²) in [6.07, 6.45) is 4.97. The normalized spacial score (nSPS) is 12.3. The Kier molecular flexibility index (Phi) is 4.28. The van der Waals surface area contributed by atoms with Gasteiger partial charge in [0.2, 0.25) is 0 Å². The van der Waals surface area contributed by atoms with E-state index in [-0.39, 0.29) is 5.78 Å². The molecule has 0 aliphatic heterocycles. The first-order chi connectivity index (χ1) is 7.70. The molecule has 0 saturated carbocycles. The molecule has 0 bridgehead atoms. The smallest absolute Gasteiger partial charge is 0.195 e. The number of ketones is 1. The van der Waals surface area contributed by atoms with Crippen molar-refractivity contribution in [2.75, 3.05) is 0 Å². The number of carbonyl (C=O) groups excluding carboxylic acids is 1. The zero-order valence-electron chi connectivity index (χ0n) is 9.31. The summed E-state index contributed by atoms with van der Waals surface area (Å²) in [5, 5.41) is 0. The van der Waals surface area contributed by atoms with Crippen LogP contribution in [0.4, 0.5) is 0 Å². The molecule has 0 radical (unpaired) electrons. The third-order valence-electron chi connectivity index (χ3n) is 2.14. The molecule has 2 heteroatoms. The highest BCUT2D eigenvalue weighted by Gasteiger charge is 2.10.